The summed E-state index contributed by atoms with van der Waals surface area (Å²) in [4.78, 5) is 11.3. The summed E-state index contributed by atoms with van der Waals surface area (Å²) in [5.41, 5.74) is 1.79. The Balaban J connectivity index is 2.05. The maximum Gasteiger partial charge on any atom is 0.334 e. The van der Waals surface area contributed by atoms with Crippen molar-refractivity contribution in [3.63, 3.8) is 0 Å². The normalized spacial score (nSPS) is 17.1. The van der Waals surface area contributed by atoms with E-state index >= 15 is 0 Å². The fourth-order valence-electron chi connectivity index (χ4n) is 1.68. The fourth-order valence-corrected chi connectivity index (χ4v) is 1.80. The molecule has 1 atom stereocenters. The summed E-state index contributed by atoms with van der Waals surface area (Å²) in [5.74, 6) is -0.140. The van der Waals surface area contributed by atoms with Gasteiger partial charge in [0.05, 0.1) is 0 Å². The van der Waals surface area contributed by atoms with Gasteiger partial charge in [-0.05, 0) is 23.8 Å². The lowest BCUT2D eigenvalue weighted by atomic mass is 10.0. The molecule has 0 radical (unpaired) electrons. The quantitative estimate of drug-likeness (QED) is 0.766. The highest BCUT2D eigenvalue weighted by Crippen LogP contribution is 2.19. The van der Waals surface area contributed by atoms with Crippen molar-refractivity contribution in [3.05, 3.63) is 52.6 Å². The molecule has 0 saturated carbocycles. The predicted molar refractivity (Wildman–Crippen MR) is 68.7 cm³/mol. The van der Waals surface area contributed by atoms with Crippen LogP contribution in [0.4, 0.5) is 0 Å². The molecule has 1 aromatic carbocycles. The van der Waals surface area contributed by atoms with Crippen LogP contribution < -0.4 is 0 Å². The number of esters is 1. The van der Waals surface area contributed by atoms with Crippen LogP contribution >= 0.6 is 11.6 Å². The Kier molecular flexibility index (Phi) is 3.64. The van der Waals surface area contributed by atoms with Crippen molar-refractivity contribution in [1.82, 2.24) is 0 Å². The SMILES string of the molecule is CC(/C=C/c1ccc(Cl)cc1)C1=CCOC1=O. The molecule has 3 heteroatoms. The van der Waals surface area contributed by atoms with Gasteiger partial charge in [-0.1, -0.05) is 42.8 Å². The Bertz CT molecular complexity index is 472. The van der Waals surface area contributed by atoms with Gasteiger partial charge in [-0.25, -0.2) is 4.79 Å². The Hall–Kier alpha value is -1.54. The lowest BCUT2D eigenvalue weighted by molar-refractivity contribution is -0.136. The van der Waals surface area contributed by atoms with Gasteiger partial charge in [0.1, 0.15) is 6.61 Å². The number of rotatable bonds is 3. The molecule has 0 aromatic heterocycles. The van der Waals surface area contributed by atoms with Gasteiger partial charge in [0.2, 0.25) is 0 Å². The average Bonchev–Trinajstić information content (AvgIpc) is 2.74. The van der Waals surface area contributed by atoms with Crippen LogP contribution in [-0.2, 0) is 9.53 Å². The van der Waals surface area contributed by atoms with Gasteiger partial charge in [0.25, 0.3) is 0 Å². The monoisotopic (exact) mass is 248 g/mol. The molecular weight excluding hydrogens is 236 g/mol. The highest BCUT2D eigenvalue weighted by Gasteiger charge is 2.20. The molecule has 2 rings (SSSR count). The first kappa shape index (κ1) is 11.9. The Morgan fingerprint density at radius 3 is 2.65 bits per heavy atom. The van der Waals surface area contributed by atoms with Gasteiger partial charge < -0.3 is 4.74 Å². The van der Waals surface area contributed by atoms with Crippen LogP contribution in [0, 0.1) is 5.92 Å². The van der Waals surface area contributed by atoms with E-state index in [0.717, 1.165) is 16.2 Å². The number of cyclic esters (lactones) is 1. The number of carbonyl (C=O) groups is 1. The van der Waals surface area contributed by atoms with Crippen LogP contribution in [0.25, 0.3) is 6.08 Å². The molecular formula is C14H13ClO2. The van der Waals surface area contributed by atoms with E-state index in [9.17, 15) is 4.79 Å². The summed E-state index contributed by atoms with van der Waals surface area (Å²) in [6, 6.07) is 7.56. The first-order valence-corrected chi connectivity index (χ1v) is 5.85. The summed E-state index contributed by atoms with van der Waals surface area (Å²) < 4.78 is 4.87. The minimum Gasteiger partial charge on any atom is -0.458 e. The standard InChI is InChI=1S/C14H13ClO2/c1-10(13-8-9-17-14(13)16)2-3-11-4-6-12(15)7-5-11/h2-8,10H,9H2,1H3/b3-2+. The van der Waals surface area contributed by atoms with Gasteiger partial charge in [0, 0.05) is 16.5 Å². The van der Waals surface area contributed by atoms with E-state index in [1.54, 1.807) is 0 Å². The van der Waals surface area contributed by atoms with Gasteiger partial charge in [-0.2, -0.15) is 0 Å². The van der Waals surface area contributed by atoms with Crippen molar-refractivity contribution >= 4 is 23.6 Å². The summed E-state index contributed by atoms with van der Waals surface area (Å²) in [7, 11) is 0. The molecule has 88 valence electrons. The molecule has 1 aliphatic heterocycles. The topological polar surface area (TPSA) is 26.3 Å². The molecule has 1 aromatic rings. The molecule has 17 heavy (non-hydrogen) atoms. The zero-order chi connectivity index (χ0) is 12.3. The maximum atomic E-state index is 11.3. The molecule has 0 aliphatic carbocycles. The Morgan fingerprint density at radius 2 is 2.06 bits per heavy atom. The summed E-state index contributed by atoms with van der Waals surface area (Å²) in [5, 5.41) is 0.720. The van der Waals surface area contributed by atoms with E-state index in [1.807, 2.05) is 49.4 Å². The minimum atomic E-state index is -0.210. The van der Waals surface area contributed by atoms with Gasteiger partial charge in [-0.15, -0.1) is 0 Å². The predicted octanol–water partition coefficient (Wildman–Crippen LogP) is 3.47. The minimum absolute atomic E-state index is 0.0701. The molecule has 0 saturated heterocycles. The molecule has 0 bridgehead atoms. The third kappa shape index (κ3) is 2.98. The highest BCUT2D eigenvalue weighted by atomic mass is 35.5. The zero-order valence-corrected chi connectivity index (χ0v) is 10.3. The number of carbonyl (C=O) groups excluding carboxylic acids is 1. The molecule has 0 fully saturated rings. The zero-order valence-electron chi connectivity index (χ0n) is 9.52. The van der Waals surface area contributed by atoms with Crippen molar-refractivity contribution in [3.8, 4) is 0 Å². The first-order chi connectivity index (χ1) is 8.16. The molecule has 1 heterocycles. The van der Waals surface area contributed by atoms with Crippen LogP contribution in [-0.4, -0.2) is 12.6 Å². The lowest BCUT2D eigenvalue weighted by Crippen LogP contribution is -2.05. The van der Waals surface area contributed by atoms with E-state index in [0.29, 0.717) is 6.61 Å². The number of benzene rings is 1. The van der Waals surface area contributed by atoms with Gasteiger partial charge in [-0.3, -0.25) is 0 Å². The van der Waals surface area contributed by atoms with Crippen molar-refractivity contribution < 1.29 is 9.53 Å². The fraction of sp³-hybridized carbons (Fsp3) is 0.214. The Morgan fingerprint density at radius 1 is 1.35 bits per heavy atom. The molecule has 1 unspecified atom stereocenters. The third-order valence-electron chi connectivity index (χ3n) is 2.69. The van der Waals surface area contributed by atoms with Crippen LogP contribution in [0.15, 0.2) is 42.0 Å². The second-order valence-corrected chi connectivity index (χ2v) is 4.39. The van der Waals surface area contributed by atoms with E-state index in [-0.39, 0.29) is 11.9 Å². The van der Waals surface area contributed by atoms with Crippen LogP contribution in [0.2, 0.25) is 5.02 Å². The van der Waals surface area contributed by atoms with Gasteiger partial charge in [0.15, 0.2) is 0 Å². The number of hydrogen-bond acceptors (Lipinski definition) is 2. The molecule has 0 spiro atoms. The molecule has 0 amide bonds. The third-order valence-corrected chi connectivity index (χ3v) is 2.94. The van der Waals surface area contributed by atoms with E-state index in [4.69, 9.17) is 16.3 Å². The molecule has 0 N–H and O–H groups in total. The molecule has 2 nitrogen and oxygen atoms in total. The van der Waals surface area contributed by atoms with Crippen LogP contribution in [0.5, 0.6) is 0 Å². The van der Waals surface area contributed by atoms with Gasteiger partial charge >= 0.3 is 5.97 Å². The average molecular weight is 249 g/mol. The first-order valence-electron chi connectivity index (χ1n) is 5.48. The van der Waals surface area contributed by atoms with E-state index in [1.165, 1.54) is 0 Å². The highest BCUT2D eigenvalue weighted by molar-refractivity contribution is 6.30. The smallest absolute Gasteiger partial charge is 0.334 e. The number of halogens is 1. The number of hydrogen-bond donors (Lipinski definition) is 0. The van der Waals surface area contributed by atoms with E-state index in [2.05, 4.69) is 0 Å². The molecule has 1 aliphatic rings. The second kappa shape index (κ2) is 5.19. The second-order valence-electron chi connectivity index (χ2n) is 3.96. The van der Waals surface area contributed by atoms with Crippen molar-refractivity contribution in [2.45, 2.75) is 6.92 Å². The van der Waals surface area contributed by atoms with Crippen LogP contribution in [0.1, 0.15) is 12.5 Å². The number of allylic oxidation sites excluding steroid dienone is 1. The van der Waals surface area contributed by atoms with E-state index < -0.39 is 0 Å². The summed E-state index contributed by atoms with van der Waals surface area (Å²) in [6.07, 6.45) is 5.80. The van der Waals surface area contributed by atoms with Crippen molar-refractivity contribution in [1.29, 1.82) is 0 Å². The summed E-state index contributed by atoms with van der Waals surface area (Å²) in [6.45, 7) is 2.37. The number of ether oxygens (including phenoxy) is 1. The Labute approximate surface area is 106 Å². The summed E-state index contributed by atoms with van der Waals surface area (Å²) >= 11 is 5.80. The lowest BCUT2D eigenvalue weighted by Gasteiger charge is -2.04. The van der Waals surface area contributed by atoms with Crippen molar-refractivity contribution in [2.75, 3.05) is 6.61 Å². The van der Waals surface area contributed by atoms with Crippen LogP contribution in [0.3, 0.4) is 0 Å². The van der Waals surface area contributed by atoms with Crippen molar-refractivity contribution in [2.24, 2.45) is 5.92 Å². The maximum absolute atomic E-state index is 11.3. The largest absolute Gasteiger partial charge is 0.458 e.